The number of nitrogens with one attached hydrogen (secondary N) is 1. The fourth-order valence-electron chi connectivity index (χ4n) is 2.55. The summed E-state index contributed by atoms with van der Waals surface area (Å²) in [7, 11) is 0. The number of hydrogen-bond donors (Lipinski definition) is 1. The summed E-state index contributed by atoms with van der Waals surface area (Å²) < 4.78 is 26.8. The summed E-state index contributed by atoms with van der Waals surface area (Å²) >= 11 is 0. The SMILES string of the molecule is CC(C)c1cccc(C(C)C)c1NC(=O)c1ccc(F)cc1F. The molecule has 2 nitrogen and oxygen atoms in total. The van der Waals surface area contributed by atoms with E-state index >= 15 is 0 Å². The van der Waals surface area contributed by atoms with Crippen LogP contribution in [0.25, 0.3) is 0 Å². The lowest BCUT2D eigenvalue weighted by Crippen LogP contribution is -2.17. The lowest BCUT2D eigenvalue weighted by atomic mass is 9.92. The van der Waals surface area contributed by atoms with Crippen LogP contribution in [-0.4, -0.2) is 5.91 Å². The quantitative estimate of drug-likeness (QED) is 0.796. The fraction of sp³-hybridized carbons (Fsp3) is 0.316. The molecule has 2 rings (SSSR count). The Morgan fingerprint density at radius 3 is 2.00 bits per heavy atom. The predicted molar refractivity (Wildman–Crippen MR) is 88.9 cm³/mol. The Kier molecular flexibility index (Phi) is 5.14. The molecule has 0 aliphatic rings. The number of benzene rings is 2. The van der Waals surface area contributed by atoms with Crippen LogP contribution in [0.5, 0.6) is 0 Å². The standard InChI is InChI=1S/C19H21F2NO/c1-11(2)14-6-5-7-15(12(3)4)18(14)22-19(23)16-9-8-13(20)10-17(16)21/h5-12H,1-4H3,(H,22,23). The van der Waals surface area contributed by atoms with Crippen LogP contribution in [-0.2, 0) is 0 Å². The molecule has 0 atom stereocenters. The fourth-order valence-corrected chi connectivity index (χ4v) is 2.55. The van der Waals surface area contributed by atoms with Crippen LogP contribution in [0.3, 0.4) is 0 Å². The summed E-state index contributed by atoms with van der Waals surface area (Å²) in [5.74, 6) is -1.72. The van der Waals surface area contributed by atoms with Gasteiger partial charge in [-0.05, 0) is 35.1 Å². The van der Waals surface area contributed by atoms with E-state index in [4.69, 9.17) is 0 Å². The maximum Gasteiger partial charge on any atom is 0.258 e. The Labute approximate surface area is 135 Å². The van der Waals surface area contributed by atoms with Gasteiger partial charge in [-0.3, -0.25) is 4.79 Å². The third kappa shape index (κ3) is 3.76. The van der Waals surface area contributed by atoms with Crippen molar-refractivity contribution in [1.29, 1.82) is 0 Å². The number of halogens is 2. The molecule has 0 radical (unpaired) electrons. The van der Waals surface area contributed by atoms with Gasteiger partial charge in [0.05, 0.1) is 5.56 Å². The molecule has 0 heterocycles. The lowest BCUT2D eigenvalue weighted by molar-refractivity contribution is 0.102. The summed E-state index contributed by atoms with van der Waals surface area (Å²) in [6, 6.07) is 8.81. The predicted octanol–water partition coefficient (Wildman–Crippen LogP) is 5.46. The van der Waals surface area contributed by atoms with Crippen LogP contribution in [0.1, 0.15) is 61.0 Å². The highest BCUT2D eigenvalue weighted by Gasteiger charge is 2.18. The van der Waals surface area contributed by atoms with E-state index in [-0.39, 0.29) is 17.4 Å². The van der Waals surface area contributed by atoms with Crippen molar-refractivity contribution in [2.75, 3.05) is 5.32 Å². The topological polar surface area (TPSA) is 29.1 Å². The van der Waals surface area contributed by atoms with Crippen LogP contribution in [0.15, 0.2) is 36.4 Å². The van der Waals surface area contributed by atoms with Gasteiger partial charge < -0.3 is 5.32 Å². The van der Waals surface area contributed by atoms with Crippen molar-refractivity contribution in [3.63, 3.8) is 0 Å². The van der Waals surface area contributed by atoms with E-state index in [1.54, 1.807) is 0 Å². The van der Waals surface area contributed by atoms with Crippen molar-refractivity contribution in [3.8, 4) is 0 Å². The monoisotopic (exact) mass is 317 g/mol. The number of carbonyl (C=O) groups is 1. The van der Waals surface area contributed by atoms with E-state index in [2.05, 4.69) is 5.32 Å². The Morgan fingerprint density at radius 2 is 1.52 bits per heavy atom. The Bertz CT molecular complexity index is 697. The van der Waals surface area contributed by atoms with Crippen molar-refractivity contribution in [2.24, 2.45) is 0 Å². The Hall–Kier alpha value is -2.23. The van der Waals surface area contributed by atoms with Gasteiger partial charge in [0.15, 0.2) is 0 Å². The van der Waals surface area contributed by atoms with E-state index in [9.17, 15) is 13.6 Å². The second kappa shape index (κ2) is 6.90. The molecule has 122 valence electrons. The first-order chi connectivity index (χ1) is 10.8. The van der Waals surface area contributed by atoms with Crippen LogP contribution in [0, 0.1) is 11.6 Å². The first-order valence-electron chi connectivity index (χ1n) is 7.70. The molecule has 0 aliphatic carbocycles. The molecule has 0 saturated carbocycles. The van der Waals surface area contributed by atoms with Gasteiger partial charge in [0.25, 0.3) is 5.91 Å². The van der Waals surface area contributed by atoms with E-state index in [0.717, 1.165) is 23.3 Å². The molecule has 4 heteroatoms. The summed E-state index contributed by atoms with van der Waals surface area (Å²) in [4.78, 5) is 12.4. The first-order valence-corrected chi connectivity index (χ1v) is 7.70. The molecule has 1 N–H and O–H groups in total. The molecule has 0 unspecified atom stereocenters. The smallest absolute Gasteiger partial charge is 0.258 e. The Morgan fingerprint density at radius 1 is 0.957 bits per heavy atom. The molecule has 2 aromatic carbocycles. The van der Waals surface area contributed by atoms with Gasteiger partial charge in [-0.15, -0.1) is 0 Å². The molecule has 0 saturated heterocycles. The normalized spacial score (nSPS) is 11.1. The summed E-state index contributed by atoms with van der Waals surface area (Å²) in [5, 5.41) is 2.82. The number of rotatable bonds is 4. The highest BCUT2D eigenvalue weighted by Crippen LogP contribution is 2.32. The first kappa shape index (κ1) is 17.1. The van der Waals surface area contributed by atoms with E-state index in [1.807, 2.05) is 45.9 Å². The lowest BCUT2D eigenvalue weighted by Gasteiger charge is -2.20. The van der Waals surface area contributed by atoms with Crippen molar-refractivity contribution in [1.82, 2.24) is 0 Å². The second-order valence-corrected chi connectivity index (χ2v) is 6.20. The van der Waals surface area contributed by atoms with Gasteiger partial charge in [-0.2, -0.15) is 0 Å². The van der Waals surface area contributed by atoms with Crippen molar-refractivity contribution >= 4 is 11.6 Å². The molecule has 0 fully saturated rings. The van der Waals surface area contributed by atoms with E-state index < -0.39 is 17.5 Å². The molecule has 1 amide bonds. The minimum absolute atomic E-state index is 0.167. The number of anilines is 1. The minimum Gasteiger partial charge on any atom is -0.321 e. The van der Waals surface area contributed by atoms with E-state index in [1.165, 1.54) is 0 Å². The molecule has 2 aromatic rings. The molecular formula is C19H21F2NO. The van der Waals surface area contributed by atoms with Gasteiger partial charge in [0.1, 0.15) is 11.6 Å². The second-order valence-electron chi connectivity index (χ2n) is 6.20. The summed E-state index contributed by atoms with van der Waals surface area (Å²) in [6.45, 7) is 8.14. The largest absolute Gasteiger partial charge is 0.321 e. The third-order valence-electron chi connectivity index (χ3n) is 3.79. The highest BCUT2D eigenvalue weighted by atomic mass is 19.1. The number of hydrogen-bond acceptors (Lipinski definition) is 1. The van der Waals surface area contributed by atoms with Crippen LogP contribution in [0.2, 0.25) is 0 Å². The average Bonchev–Trinajstić information content (AvgIpc) is 2.46. The maximum absolute atomic E-state index is 13.8. The molecule has 0 aromatic heterocycles. The molecule has 0 aliphatic heterocycles. The number of para-hydroxylation sites is 1. The van der Waals surface area contributed by atoms with Gasteiger partial charge in [-0.1, -0.05) is 45.9 Å². The van der Waals surface area contributed by atoms with Gasteiger partial charge in [0.2, 0.25) is 0 Å². The van der Waals surface area contributed by atoms with E-state index in [0.29, 0.717) is 11.8 Å². The number of amides is 1. The van der Waals surface area contributed by atoms with Gasteiger partial charge in [-0.25, -0.2) is 8.78 Å². The zero-order valence-corrected chi connectivity index (χ0v) is 13.8. The highest BCUT2D eigenvalue weighted by molar-refractivity contribution is 6.05. The van der Waals surface area contributed by atoms with Crippen LogP contribution >= 0.6 is 0 Å². The van der Waals surface area contributed by atoms with Crippen molar-refractivity contribution in [2.45, 2.75) is 39.5 Å². The molecule has 23 heavy (non-hydrogen) atoms. The zero-order valence-electron chi connectivity index (χ0n) is 13.8. The third-order valence-corrected chi connectivity index (χ3v) is 3.79. The molecule has 0 spiro atoms. The summed E-state index contributed by atoms with van der Waals surface area (Å²) in [6.07, 6.45) is 0. The number of carbonyl (C=O) groups excluding carboxylic acids is 1. The zero-order chi connectivity index (χ0) is 17.1. The maximum atomic E-state index is 13.8. The van der Waals surface area contributed by atoms with Gasteiger partial charge >= 0.3 is 0 Å². The van der Waals surface area contributed by atoms with Crippen LogP contribution < -0.4 is 5.32 Å². The summed E-state index contributed by atoms with van der Waals surface area (Å²) in [5.41, 5.74) is 2.53. The minimum atomic E-state index is -0.865. The van der Waals surface area contributed by atoms with Crippen molar-refractivity contribution in [3.05, 3.63) is 64.7 Å². The van der Waals surface area contributed by atoms with Crippen molar-refractivity contribution < 1.29 is 13.6 Å². The van der Waals surface area contributed by atoms with Crippen LogP contribution in [0.4, 0.5) is 14.5 Å². The average molecular weight is 317 g/mol. The molecular weight excluding hydrogens is 296 g/mol. The van der Waals surface area contributed by atoms with Gasteiger partial charge in [0, 0.05) is 11.8 Å². The Balaban J connectivity index is 2.44. The molecule has 0 bridgehead atoms.